The van der Waals surface area contributed by atoms with E-state index in [4.69, 9.17) is 9.73 Å². The Balaban J connectivity index is 1.98. The highest BCUT2D eigenvalue weighted by Gasteiger charge is 2.49. The standard InChI is InChI=1S/C15H28N2OS/c1-6-15(7-2)10-19-13(17-15)16-11-9-12(18-8-3)14(11,4)5/h11-12H,6-10H2,1-5H3,(H,16,17). The summed E-state index contributed by atoms with van der Waals surface area (Å²) in [4.78, 5) is 4.95. The second-order valence-electron chi connectivity index (χ2n) is 6.35. The number of nitrogens with one attached hydrogen (secondary N) is 1. The lowest BCUT2D eigenvalue weighted by molar-refractivity contribution is -0.103. The maximum Gasteiger partial charge on any atom is 0.157 e. The van der Waals surface area contributed by atoms with E-state index in [1.165, 1.54) is 12.8 Å². The van der Waals surface area contributed by atoms with E-state index in [9.17, 15) is 0 Å². The van der Waals surface area contributed by atoms with Gasteiger partial charge in [0.05, 0.1) is 12.1 Å². The molecule has 0 aromatic carbocycles. The molecule has 2 fully saturated rings. The van der Waals surface area contributed by atoms with Crippen LogP contribution in [0.1, 0.15) is 53.9 Å². The van der Waals surface area contributed by atoms with Crippen molar-refractivity contribution in [3.8, 4) is 0 Å². The van der Waals surface area contributed by atoms with Crippen LogP contribution in [-0.2, 0) is 4.74 Å². The maximum absolute atomic E-state index is 5.77. The van der Waals surface area contributed by atoms with Crippen LogP contribution in [0.3, 0.4) is 0 Å². The van der Waals surface area contributed by atoms with Crippen LogP contribution in [-0.4, -0.2) is 35.2 Å². The van der Waals surface area contributed by atoms with Crippen molar-refractivity contribution in [3.05, 3.63) is 0 Å². The summed E-state index contributed by atoms with van der Waals surface area (Å²) in [6.07, 6.45) is 3.79. The molecule has 2 aliphatic rings. The minimum Gasteiger partial charge on any atom is -0.378 e. The van der Waals surface area contributed by atoms with Gasteiger partial charge in [0, 0.05) is 23.3 Å². The number of hydrogen-bond acceptors (Lipinski definition) is 3. The molecule has 3 nitrogen and oxygen atoms in total. The summed E-state index contributed by atoms with van der Waals surface area (Å²) >= 11 is 1.89. The predicted molar refractivity (Wildman–Crippen MR) is 83.9 cm³/mol. The zero-order valence-electron chi connectivity index (χ0n) is 13.0. The molecule has 0 aromatic heterocycles. The number of aliphatic imine (C=N–C) groups is 1. The van der Waals surface area contributed by atoms with Crippen molar-refractivity contribution in [2.45, 2.75) is 71.6 Å². The smallest absolute Gasteiger partial charge is 0.157 e. The molecule has 1 N–H and O–H groups in total. The molecule has 19 heavy (non-hydrogen) atoms. The Labute approximate surface area is 122 Å². The van der Waals surface area contributed by atoms with Crippen molar-refractivity contribution in [1.29, 1.82) is 0 Å². The van der Waals surface area contributed by atoms with Crippen LogP contribution < -0.4 is 5.32 Å². The number of thioether (sulfide) groups is 1. The molecule has 4 heteroatoms. The van der Waals surface area contributed by atoms with E-state index in [0.29, 0.717) is 12.1 Å². The fourth-order valence-corrected chi connectivity index (χ4v) is 4.30. The van der Waals surface area contributed by atoms with Gasteiger partial charge < -0.3 is 10.1 Å². The molecule has 1 aliphatic carbocycles. The third-order valence-electron chi connectivity index (χ3n) is 4.98. The monoisotopic (exact) mass is 284 g/mol. The summed E-state index contributed by atoms with van der Waals surface area (Å²) in [5, 5.41) is 4.81. The minimum atomic E-state index is 0.176. The van der Waals surface area contributed by atoms with Crippen LogP contribution >= 0.6 is 11.8 Å². The largest absolute Gasteiger partial charge is 0.378 e. The lowest BCUT2D eigenvalue weighted by Crippen LogP contribution is -2.54. The molecule has 1 heterocycles. The van der Waals surface area contributed by atoms with Gasteiger partial charge in [-0.1, -0.05) is 39.5 Å². The van der Waals surface area contributed by atoms with E-state index >= 15 is 0 Å². The highest BCUT2D eigenvalue weighted by molar-refractivity contribution is 8.14. The van der Waals surface area contributed by atoms with Gasteiger partial charge in [-0.2, -0.15) is 0 Å². The predicted octanol–water partition coefficient (Wildman–Crippen LogP) is 3.44. The van der Waals surface area contributed by atoms with Gasteiger partial charge in [-0.15, -0.1) is 0 Å². The second-order valence-corrected chi connectivity index (χ2v) is 7.32. The fraction of sp³-hybridized carbons (Fsp3) is 0.933. The average Bonchev–Trinajstić information content (AvgIpc) is 2.82. The number of ether oxygens (including phenoxy) is 1. The van der Waals surface area contributed by atoms with E-state index in [-0.39, 0.29) is 11.0 Å². The zero-order chi connectivity index (χ0) is 14.1. The van der Waals surface area contributed by atoms with E-state index in [1.54, 1.807) is 0 Å². The quantitative estimate of drug-likeness (QED) is 0.839. The van der Waals surface area contributed by atoms with Gasteiger partial charge in [-0.05, 0) is 26.2 Å². The molecule has 0 spiro atoms. The van der Waals surface area contributed by atoms with Crippen molar-refractivity contribution < 1.29 is 4.74 Å². The van der Waals surface area contributed by atoms with Crippen LogP contribution in [0.5, 0.6) is 0 Å². The van der Waals surface area contributed by atoms with E-state index < -0.39 is 0 Å². The van der Waals surface area contributed by atoms with Crippen LogP contribution in [0.15, 0.2) is 4.99 Å². The van der Waals surface area contributed by atoms with Crippen LogP contribution in [0.4, 0.5) is 0 Å². The Morgan fingerprint density at radius 2 is 2.00 bits per heavy atom. The third-order valence-corrected chi connectivity index (χ3v) is 6.16. The molecule has 1 saturated heterocycles. The average molecular weight is 284 g/mol. The molecule has 2 rings (SSSR count). The Morgan fingerprint density at radius 1 is 1.32 bits per heavy atom. The van der Waals surface area contributed by atoms with E-state index in [1.807, 2.05) is 11.8 Å². The summed E-state index contributed by atoms with van der Waals surface area (Å²) in [5.41, 5.74) is 0.450. The van der Waals surface area contributed by atoms with Crippen LogP contribution in [0.25, 0.3) is 0 Å². The number of nitrogens with zero attached hydrogens (tertiary/aromatic N) is 1. The Hall–Kier alpha value is -0.220. The Bertz CT molecular complexity index is 350. The Morgan fingerprint density at radius 3 is 2.47 bits per heavy atom. The van der Waals surface area contributed by atoms with E-state index in [0.717, 1.165) is 23.9 Å². The molecule has 2 atom stereocenters. The summed E-state index contributed by atoms with van der Waals surface area (Å²) in [7, 11) is 0. The molecule has 2 unspecified atom stereocenters. The molecule has 0 amide bonds. The summed E-state index contributed by atoms with van der Waals surface area (Å²) in [5.74, 6) is 1.15. The Kier molecular flexibility index (Phi) is 4.51. The van der Waals surface area contributed by atoms with Gasteiger partial charge in [0.1, 0.15) is 0 Å². The van der Waals surface area contributed by atoms with Gasteiger partial charge in [-0.3, -0.25) is 4.99 Å². The third kappa shape index (κ3) is 2.80. The lowest BCUT2D eigenvalue weighted by Gasteiger charge is -2.49. The van der Waals surface area contributed by atoms with Crippen LogP contribution in [0, 0.1) is 5.41 Å². The first kappa shape index (κ1) is 15.2. The van der Waals surface area contributed by atoms with Crippen molar-refractivity contribution >= 4 is 16.9 Å². The molecule has 1 saturated carbocycles. The first-order valence-corrected chi connectivity index (χ1v) is 8.56. The van der Waals surface area contributed by atoms with Gasteiger partial charge in [0.2, 0.25) is 0 Å². The van der Waals surface area contributed by atoms with Gasteiger partial charge in [0.25, 0.3) is 0 Å². The molecule has 1 aliphatic heterocycles. The number of amidine groups is 1. The van der Waals surface area contributed by atoms with Crippen molar-refractivity contribution in [2.75, 3.05) is 12.4 Å². The zero-order valence-corrected chi connectivity index (χ0v) is 13.8. The first-order valence-electron chi connectivity index (χ1n) is 7.57. The highest BCUT2D eigenvalue weighted by atomic mass is 32.2. The van der Waals surface area contributed by atoms with Gasteiger partial charge >= 0.3 is 0 Å². The minimum absolute atomic E-state index is 0.176. The van der Waals surface area contributed by atoms with Gasteiger partial charge in [-0.25, -0.2) is 0 Å². The van der Waals surface area contributed by atoms with Crippen LogP contribution in [0.2, 0.25) is 0 Å². The maximum atomic E-state index is 5.77. The molecule has 110 valence electrons. The number of hydrogen-bond donors (Lipinski definition) is 1. The lowest BCUT2D eigenvalue weighted by atomic mass is 9.65. The first-order chi connectivity index (χ1) is 8.97. The molecule has 0 radical (unpaired) electrons. The van der Waals surface area contributed by atoms with Crippen molar-refractivity contribution in [1.82, 2.24) is 5.32 Å². The summed E-state index contributed by atoms with van der Waals surface area (Å²) in [6.45, 7) is 12.0. The van der Waals surface area contributed by atoms with Crippen molar-refractivity contribution in [2.24, 2.45) is 10.4 Å². The SMILES string of the molecule is CCOC1CC(N=C2NC(CC)(CC)CS2)C1(C)C. The summed E-state index contributed by atoms with van der Waals surface area (Å²) in [6, 6.07) is 0.406. The number of rotatable bonds is 5. The fourth-order valence-electron chi connectivity index (χ4n) is 2.91. The molecular formula is C15H28N2OS. The topological polar surface area (TPSA) is 33.6 Å². The second kappa shape index (κ2) is 5.65. The molecular weight excluding hydrogens is 256 g/mol. The summed E-state index contributed by atoms with van der Waals surface area (Å²) < 4.78 is 5.77. The van der Waals surface area contributed by atoms with E-state index in [2.05, 4.69) is 39.9 Å². The van der Waals surface area contributed by atoms with Gasteiger partial charge in [0.15, 0.2) is 5.17 Å². The molecule has 0 aromatic rings. The normalized spacial score (nSPS) is 34.1. The molecule has 0 bridgehead atoms. The van der Waals surface area contributed by atoms with Crippen molar-refractivity contribution in [3.63, 3.8) is 0 Å². The highest BCUT2D eigenvalue weighted by Crippen LogP contribution is 2.45.